The number of carboxylic acid groups (broad SMARTS) is 1. The van der Waals surface area contributed by atoms with Crippen LogP contribution in [0.3, 0.4) is 0 Å². The van der Waals surface area contributed by atoms with Crippen molar-refractivity contribution >= 4 is 17.6 Å². The maximum atomic E-state index is 11.2. The second-order valence-electron chi connectivity index (χ2n) is 6.20. The molecule has 0 bridgehead atoms. The molecular weight excluding hydrogens is 288 g/mol. The second kappa shape index (κ2) is 5.88. The largest absolute Gasteiger partial charge is 0.495 e. The topological polar surface area (TPSA) is 46.5 Å². The molecule has 3 nitrogen and oxygen atoms in total. The number of hydrogen-bond acceptors (Lipinski definition) is 2. The van der Waals surface area contributed by atoms with Crippen LogP contribution in [0, 0.1) is 5.92 Å². The van der Waals surface area contributed by atoms with E-state index in [0.717, 1.165) is 37.7 Å². The lowest BCUT2D eigenvalue weighted by atomic mass is 9.84. The molecule has 1 aromatic carbocycles. The Morgan fingerprint density at radius 1 is 1.43 bits per heavy atom. The number of carboxylic acids is 1. The summed E-state index contributed by atoms with van der Waals surface area (Å²) in [5.41, 5.74) is 3.50. The van der Waals surface area contributed by atoms with Gasteiger partial charge >= 0.3 is 5.97 Å². The van der Waals surface area contributed by atoms with Crippen LogP contribution >= 0.6 is 11.6 Å². The molecule has 2 aliphatic rings. The average Bonchev–Trinajstić information content (AvgIpc) is 3.29. The van der Waals surface area contributed by atoms with Gasteiger partial charge in [-0.2, -0.15) is 0 Å². The fraction of sp³-hybridized carbons (Fsp3) is 0.588. The van der Waals surface area contributed by atoms with Gasteiger partial charge < -0.3 is 9.84 Å². The van der Waals surface area contributed by atoms with Crippen LogP contribution in [0.2, 0.25) is 5.02 Å². The first-order chi connectivity index (χ1) is 10.1. The molecule has 1 atom stereocenters. The Kier molecular flexibility index (Phi) is 4.12. The third-order valence-corrected chi connectivity index (χ3v) is 5.16. The lowest BCUT2D eigenvalue weighted by Gasteiger charge is -2.25. The van der Waals surface area contributed by atoms with Gasteiger partial charge in [0.2, 0.25) is 0 Å². The third kappa shape index (κ3) is 2.89. The number of methoxy groups -OCH3 is 1. The zero-order valence-corrected chi connectivity index (χ0v) is 13.1. The molecule has 0 saturated heterocycles. The van der Waals surface area contributed by atoms with Crippen molar-refractivity contribution in [1.82, 2.24) is 0 Å². The summed E-state index contributed by atoms with van der Waals surface area (Å²) in [6.07, 6.45) is 6.76. The Morgan fingerprint density at radius 2 is 2.14 bits per heavy atom. The molecule has 1 N–H and O–H groups in total. The minimum atomic E-state index is -0.747. The highest BCUT2D eigenvalue weighted by Gasteiger charge is 2.36. The fourth-order valence-electron chi connectivity index (χ4n) is 3.56. The molecule has 1 saturated carbocycles. The number of ether oxygens (including phenoxy) is 1. The minimum absolute atomic E-state index is 0.0298. The monoisotopic (exact) mass is 308 g/mol. The number of fused-ring (bicyclic) bond motifs is 1. The summed E-state index contributed by atoms with van der Waals surface area (Å²) in [5, 5.41) is 9.93. The molecule has 0 heterocycles. The quantitative estimate of drug-likeness (QED) is 0.887. The highest BCUT2D eigenvalue weighted by Crippen LogP contribution is 2.50. The predicted molar refractivity (Wildman–Crippen MR) is 82.4 cm³/mol. The van der Waals surface area contributed by atoms with E-state index in [1.165, 1.54) is 17.5 Å². The molecule has 0 spiro atoms. The van der Waals surface area contributed by atoms with E-state index in [1.807, 2.05) is 0 Å². The Bertz CT molecular complexity index is 564. The van der Waals surface area contributed by atoms with E-state index in [4.69, 9.17) is 16.3 Å². The zero-order chi connectivity index (χ0) is 15.0. The van der Waals surface area contributed by atoms with Gasteiger partial charge in [0, 0.05) is 5.92 Å². The summed E-state index contributed by atoms with van der Waals surface area (Å²) in [6.45, 7) is 0. The first-order valence-corrected chi connectivity index (χ1v) is 8.09. The van der Waals surface area contributed by atoms with Crippen LogP contribution in [0.4, 0.5) is 0 Å². The number of aryl methyl sites for hydroxylation is 1. The molecule has 4 heteroatoms. The van der Waals surface area contributed by atoms with Gasteiger partial charge in [0.1, 0.15) is 5.75 Å². The molecule has 2 aliphatic carbocycles. The van der Waals surface area contributed by atoms with Crippen molar-refractivity contribution in [3.8, 4) is 5.75 Å². The Labute approximate surface area is 130 Å². The van der Waals surface area contributed by atoms with Gasteiger partial charge in [0.25, 0.3) is 0 Å². The summed E-state index contributed by atoms with van der Waals surface area (Å²) in [5.74, 6) is 0.452. The number of carbonyl (C=O) groups is 1. The van der Waals surface area contributed by atoms with Gasteiger partial charge in [0.15, 0.2) is 0 Å². The molecule has 0 aliphatic heterocycles. The summed E-state index contributed by atoms with van der Waals surface area (Å²) < 4.78 is 5.56. The van der Waals surface area contributed by atoms with Crippen molar-refractivity contribution in [1.29, 1.82) is 0 Å². The smallest absolute Gasteiger partial charge is 0.303 e. The van der Waals surface area contributed by atoms with Crippen LogP contribution in [-0.4, -0.2) is 18.2 Å². The van der Waals surface area contributed by atoms with Crippen molar-refractivity contribution < 1.29 is 14.6 Å². The Hall–Kier alpha value is -1.22. The molecule has 21 heavy (non-hydrogen) atoms. The first kappa shape index (κ1) is 14.7. The normalized spacial score (nSPS) is 19.0. The first-order valence-electron chi connectivity index (χ1n) is 7.71. The molecule has 3 rings (SSSR count). The summed E-state index contributed by atoms with van der Waals surface area (Å²) in [4.78, 5) is 11.2. The standard InChI is InChI=1S/C17H21ClO3/c1-21-17-14(13(9-15(19)20)10-6-7-10)8-11-4-2-3-5-12(11)16(17)18/h8,10,13H,2-7,9H2,1H3,(H,19,20). The van der Waals surface area contributed by atoms with Crippen LogP contribution in [-0.2, 0) is 17.6 Å². The van der Waals surface area contributed by atoms with Crippen LogP contribution in [0.25, 0.3) is 0 Å². The number of halogens is 1. The molecule has 1 fully saturated rings. The molecule has 1 unspecified atom stereocenters. The van der Waals surface area contributed by atoms with Crippen molar-refractivity contribution in [2.24, 2.45) is 5.92 Å². The maximum Gasteiger partial charge on any atom is 0.303 e. The molecule has 114 valence electrons. The van der Waals surface area contributed by atoms with Crippen molar-refractivity contribution in [2.45, 2.75) is 50.9 Å². The van der Waals surface area contributed by atoms with Gasteiger partial charge in [-0.3, -0.25) is 4.79 Å². The Balaban J connectivity index is 2.07. The highest BCUT2D eigenvalue weighted by molar-refractivity contribution is 6.33. The molecule has 0 amide bonds. The number of benzene rings is 1. The lowest BCUT2D eigenvalue weighted by molar-refractivity contribution is -0.137. The molecule has 1 aromatic rings. The van der Waals surface area contributed by atoms with E-state index >= 15 is 0 Å². The van der Waals surface area contributed by atoms with E-state index in [1.54, 1.807) is 7.11 Å². The second-order valence-corrected chi connectivity index (χ2v) is 6.58. The zero-order valence-electron chi connectivity index (χ0n) is 12.3. The van der Waals surface area contributed by atoms with E-state index in [2.05, 4.69) is 6.07 Å². The van der Waals surface area contributed by atoms with Crippen molar-refractivity contribution in [3.05, 3.63) is 27.8 Å². The third-order valence-electron chi connectivity index (χ3n) is 4.76. The lowest BCUT2D eigenvalue weighted by Crippen LogP contribution is -2.13. The van der Waals surface area contributed by atoms with Crippen LogP contribution in [0.5, 0.6) is 5.75 Å². The van der Waals surface area contributed by atoms with Crippen molar-refractivity contribution in [3.63, 3.8) is 0 Å². The van der Waals surface area contributed by atoms with Gasteiger partial charge in [0.05, 0.1) is 18.6 Å². The van der Waals surface area contributed by atoms with Gasteiger partial charge in [-0.25, -0.2) is 0 Å². The van der Waals surface area contributed by atoms with Crippen LogP contribution in [0.15, 0.2) is 6.07 Å². The van der Waals surface area contributed by atoms with Gasteiger partial charge in [-0.1, -0.05) is 17.7 Å². The van der Waals surface area contributed by atoms with Crippen LogP contribution < -0.4 is 4.74 Å². The Morgan fingerprint density at radius 3 is 2.76 bits per heavy atom. The minimum Gasteiger partial charge on any atom is -0.495 e. The summed E-state index contributed by atoms with van der Waals surface area (Å²) >= 11 is 6.57. The summed E-state index contributed by atoms with van der Waals surface area (Å²) in [7, 11) is 1.63. The van der Waals surface area contributed by atoms with Crippen LogP contribution in [0.1, 0.15) is 54.7 Å². The number of hydrogen-bond donors (Lipinski definition) is 1. The molecule has 0 radical (unpaired) electrons. The van der Waals surface area contributed by atoms with Gasteiger partial charge in [-0.15, -0.1) is 0 Å². The van der Waals surface area contributed by atoms with Gasteiger partial charge in [-0.05, 0) is 61.1 Å². The number of rotatable bonds is 5. The SMILES string of the molecule is COc1c(C(CC(=O)O)C2CC2)cc2c(c1Cl)CCCC2. The van der Waals surface area contributed by atoms with E-state index in [-0.39, 0.29) is 12.3 Å². The predicted octanol–water partition coefficient (Wildman–Crippen LogP) is 4.20. The molecule has 0 aromatic heterocycles. The number of aliphatic carboxylic acids is 1. The fourth-order valence-corrected chi connectivity index (χ4v) is 3.96. The molecular formula is C17H21ClO3. The highest BCUT2D eigenvalue weighted by atomic mass is 35.5. The van der Waals surface area contributed by atoms with E-state index in [0.29, 0.717) is 16.7 Å². The average molecular weight is 309 g/mol. The maximum absolute atomic E-state index is 11.2. The van der Waals surface area contributed by atoms with E-state index < -0.39 is 5.97 Å². The van der Waals surface area contributed by atoms with E-state index in [9.17, 15) is 9.90 Å². The summed E-state index contributed by atoms with van der Waals surface area (Å²) in [6, 6.07) is 2.17. The van der Waals surface area contributed by atoms with Crippen molar-refractivity contribution in [2.75, 3.05) is 7.11 Å².